The van der Waals surface area contributed by atoms with Crippen LogP contribution in [-0.2, 0) is 14.8 Å². The summed E-state index contributed by atoms with van der Waals surface area (Å²) >= 11 is 18.1. The minimum absolute atomic E-state index is 0.105. The van der Waals surface area contributed by atoms with Crippen LogP contribution in [0.2, 0.25) is 15.1 Å². The topological polar surface area (TPSA) is 69.7 Å². The van der Waals surface area contributed by atoms with Gasteiger partial charge in [0.25, 0.3) is 0 Å². The monoisotopic (exact) mass is 483 g/mol. The van der Waals surface area contributed by atoms with Gasteiger partial charge in [-0.05, 0) is 44.4 Å². The third-order valence-electron chi connectivity index (χ3n) is 5.11. The Morgan fingerprint density at radius 1 is 1.21 bits per heavy atom. The summed E-state index contributed by atoms with van der Waals surface area (Å²) in [5.74, 6) is -0.400. The Kier molecular flexibility index (Phi) is 9.35. The summed E-state index contributed by atoms with van der Waals surface area (Å²) in [5.41, 5.74) is 0.123. The van der Waals surface area contributed by atoms with Crippen LogP contribution in [0.5, 0.6) is 0 Å². The van der Waals surface area contributed by atoms with E-state index in [1.165, 1.54) is 31.4 Å². The van der Waals surface area contributed by atoms with Gasteiger partial charge in [-0.15, -0.1) is 0 Å². The van der Waals surface area contributed by atoms with Crippen LogP contribution in [0.4, 0.5) is 5.69 Å². The lowest BCUT2D eigenvalue weighted by Gasteiger charge is -2.35. The van der Waals surface area contributed by atoms with Crippen molar-refractivity contribution in [3.63, 3.8) is 0 Å². The molecule has 0 radical (unpaired) electrons. The van der Waals surface area contributed by atoms with E-state index in [4.69, 9.17) is 34.8 Å². The van der Waals surface area contributed by atoms with Gasteiger partial charge >= 0.3 is 0 Å². The molecule has 6 nitrogen and oxygen atoms in total. The first-order chi connectivity index (χ1) is 13.6. The van der Waals surface area contributed by atoms with E-state index >= 15 is 0 Å². The highest BCUT2D eigenvalue weighted by Crippen LogP contribution is 2.35. The number of hydrogen-bond acceptors (Lipinski definition) is 4. The molecule has 0 saturated carbocycles. The SMILES string of the molecule is CCC1CCCCN1CCCNC(=O)CN(c1cc(Cl)c(Cl)cc1Cl)S(C)(=O)=O. The van der Waals surface area contributed by atoms with E-state index in [1.54, 1.807) is 0 Å². The zero-order valence-electron chi connectivity index (χ0n) is 16.8. The number of halogens is 3. The molecule has 164 valence electrons. The molecule has 1 aliphatic heterocycles. The van der Waals surface area contributed by atoms with Gasteiger partial charge in [0.2, 0.25) is 15.9 Å². The van der Waals surface area contributed by atoms with E-state index in [2.05, 4.69) is 17.1 Å². The highest BCUT2D eigenvalue weighted by molar-refractivity contribution is 7.92. The second-order valence-corrected chi connectivity index (χ2v) is 10.4. The number of carbonyl (C=O) groups excluding carboxylic acids is 1. The van der Waals surface area contributed by atoms with Crippen LogP contribution in [-0.4, -0.2) is 57.7 Å². The summed E-state index contributed by atoms with van der Waals surface area (Å²) in [5, 5.41) is 3.27. The highest BCUT2D eigenvalue weighted by atomic mass is 35.5. The van der Waals surface area contributed by atoms with E-state index in [0.717, 1.165) is 36.5 Å². The third-order valence-corrected chi connectivity index (χ3v) is 7.26. The van der Waals surface area contributed by atoms with E-state index in [-0.39, 0.29) is 27.3 Å². The number of piperidine rings is 1. The molecule has 1 N–H and O–H groups in total. The van der Waals surface area contributed by atoms with Crippen LogP contribution in [0.3, 0.4) is 0 Å². The number of nitrogens with one attached hydrogen (secondary N) is 1. The molecule has 29 heavy (non-hydrogen) atoms. The van der Waals surface area contributed by atoms with Crippen molar-refractivity contribution in [2.45, 2.75) is 45.1 Å². The first kappa shape index (κ1) is 24.5. The number of sulfonamides is 1. The Hall–Kier alpha value is -0.730. The standard InChI is InChI=1S/C19H28Cl3N3O3S/c1-3-14-7-4-5-9-24(14)10-6-8-23-19(26)13-25(29(2,27)28)18-12-16(21)15(20)11-17(18)22/h11-12,14H,3-10,13H2,1-2H3,(H,23,26). The average Bonchev–Trinajstić information content (AvgIpc) is 2.66. The van der Waals surface area contributed by atoms with Crippen LogP contribution >= 0.6 is 34.8 Å². The highest BCUT2D eigenvalue weighted by Gasteiger charge is 2.24. The van der Waals surface area contributed by atoms with Crippen LogP contribution in [0, 0.1) is 0 Å². The fourth-order valence-electron chi connectivity index (χ4n) is 3.60. The number of rotatable bonds is 9. The maximum atomic E-state index is 12.4. The van der Waals surface area contributed by atoms with Crippen LogP contribution in [0.1, 0.15) is 39.0 Å². The molecule has 1 heterocycles. The van der Waals surface area contributed by atoms with Gasteiger partial charge in [0, 0.05) is 19.1 Å². The van der Waals surface area contributed by atoms with E-state index < -0.39 is 15.9 Å². The Labute approximate surface area is 188 Å². The largest absolute Gasteiger partial charge is 0.354 e. The van der Waals surface area contributed by atoms with Crippen molar-refractivity contribution >= 4 is 56.4 Å². The average molecular weight is 485 g/mol. The normalized spacial score (nSPS) is 17.9. The molecule has 2 rings (SSSR count). The van der Waals surface area contributed by atoms with E-state index in [0.29, 0.717) is 12.6 Å². The van der Waals surface area contributed by atoms with E-state index in [1.807, 2.05) is 0 Å². The van der Waals surface area contributed by atoms with Gasteiger partial charge in [-0.1, -0.05) is 48.1 Å². The molecule has 0 aliphatic carbocycles. The first-order valence-corrected chi connectivity index (χ1v) is 12.7. The van der Waals surface area contributed by atoms with Crippen LogP contribution < -0.4 is 9.62 Å². The zero-order valence-corrected chi connectivity index (χ0v) is 19.8. The van der Waals surface area contributed by atoms with E-state index in [9.17, 15) is 13.2 Å². The fourth-order valence-corrected chi connectivity index (χ4v) is 5.15. The number of hydrogen-bond donors (Lipinski definition) is 1. The van der Waals surface area contributed by atoms with Crippen molar-refractivity contribution < 1.29 is 13.2 Å². The predicted octanol–water partition coefficient (Wildman–Crippen LogP) is 4.18. The zero-order chi connectivity index (χ0) is 21.6. The molecule has 1 atom stereocenters. The summed E-state index contributed by atoms with van der Waals surface area (Å²) in [7, 11) is -3.75. The smallest absolute Gasteiger partial charge is 0.240 e. The molecule has 1 aliphatic rings. The third kappa shape index (κ3) is 7.17. The summed E-state index contributed by atoms with van der Waals surface area (Å²) in [6.07, 6.45) is 6.70. The van der Waals surface area contributed by atoms with Gasteiger partial charge in [-0.2, -0.15) is 0 Å². The summed E-state index contributed by atoms with van der Waals surface area (Å²) in [6, 6.07) is 3.33. The van der Waals surface area contributed by atoms with Crippen LogP contribution in [0.25, 0.3) is 0 Å². The molecular formula is C19H28Cl3N3O3S. The number of likely N-dealkylation sites (tertiary alicyclic amines) is 1. The second-order valence-electron chi connectivity index (χ2n) is 7.28. The predicted molar refractivity (Wildman–Crippen MR) is 121 cm³/mol. The molecule has 0 bridgehead atoms. The van der Waals surface area contributed by atoms with Gasteiger partial charge in [0.05, 0.1) is 27.0 Å². The minimum Gasteiger partial charge on any atom is -0.354 e. The Morgan fingerprint density at radius 2 is 1.90 bits per heavy atom. The molecule has 1 unspecified atom stereocenters. The number of nitrogens with zero attached hydrogens (tertiary/aromatic N) is 2. The number of benzene rings is 1. The Morgan fingerprint density at radius 3 is 2.55 bits per heavy atom. The summed E-state index contributed by atoms with van der Waals surface area (Å²) < 4.78 is 25.4. The molecule has 1 saturated heterocycles. The molecule has 1 amide bonds. The van der Waals surface area contributed by atoms with Gasteiger partial charge in [0.15, 0.2) is 0 Å². The molecule has 0 spiro atoms. The maximum Gasteiger partial charge on any atom is 0.240 e. The van der Waals surface area contributed by atoms with Gasteiger partial charge in [-0.25, -0.2) is 8.42 Å². The van der Waals surface area contributed by atoms with Crippen LogP contribution in [0.15, 0.2) is 12.1 Å². The Balaban J connectivity index is 1.93. The lowest BCUT2D eigenvalue weighted by molar-refractivity contribution is -0.119. The van der Waals surface area contributed by atoms with Gasteiger partial charge < -0.3 is 10.2 Å². The molecule has 1 fully saturated rings. The molecule has 10 heteroatoms. The minimum atomic E-state index is -3.75. The molecule has 1 aromatic rings. The fraction of sp³-hybridized carbons (Fsp3) is 0.632. The lowest BCUT2D eigenvalue weighted by atomic mass is 10.00. The Bertz CT molecular complexity index is 820. The van der Waals surface area contributed by atoms with Crippen molar-refractivity contribution in [2.24, 2.45) is 0 Å². The van der Waals surface area contributed by atoms with Crippen molar-refractivity contribution in [3.8, 4) is 0 Å². The number of anilines is 1. The maximum absolute atomic E-state index is 12.4. The van der Waals surface area contributed by atoms with Crippen molar-refractivity contribution in [2.75, 3.05) is 36.7 Å². The van der Waals surface area contributed by atoms with Gasteiger partial charge in [0.1, 0.15) is 6.54 Å². The number of carbonyl (C=O) groups is 1. The van der Waals surface area contributed by atoms with Crippen molar-refractivity contribution in [1.82, 2.24) is 10.2 Å². The lowest BCUT2D eigenvalue weighted by Crippen LogP contribution is -2.42. The molecular weight excluding hydrogens is 457 g/mol. The first-order valence-electron chi connectivity index (χ1n) is 9.76. The molecule has 0 aromatic heterocycles. The quantitative estimate of drug-likeness (QED) is 0.421. The van der Waals surface area contributed by atoms with Gasteiger partial charge in [-0.3, -0.25) is 9.10 Å². The van der Waals surface area contributed by atoms with Crippen molar-refractivity contribution in [3.05, 3.63) is 27.2 Å². The second kappa shape index (κ2) is 11.0. The molecule has 1 aromatic carbocycles. The summed E-state index contributed by atoms with van der Waals surface area (Å²) in [4.78, 5) is 14.9. The number of amides is 1. The summed E-state index contributed by atoms with van der Waals surface area (Å²) in [6.45, 7) is 4.34. The van der Waals surface area contributed by atoms with Crippen molar-refractivity contribution in [1.29, 1.82) is 0 Å².